The monoisotopic (exact) mass is 519 g/mol. The van der Waals surface area contributed by atoms with Crippen molar-refractivity contribution in [3.63, 3.8) is 0 Å². The summed E-state index contributed by atoms with van der Waals surface area (Å²) >= 11 is 0. The van der Waals surface area contributed by atoms with Crippen LogP contribution in [0.15, 0.2) is 42.7 Å². The van der Waals surface area contributed by atoms with Gasteiger partial charge in [-0.25, -0.2) is 0 Å². The Morgan fingerprint density at radius 1 is 1.05 bits per heavy atom. The van der Waals surface area contributed by atoms with Crippen LogP contribution in [0, 0.1) is 5.92 Å². The summed E-state index contributed by atoms with van der Waals surface area (Å²) in [6.07, 6.45) is 4.97. The molecule has 0 amide bonds. The molecular formula is C29H41N7O2. The number of ether oxygens (including phenoxy) is 1. The van der Waals surface area contributed by atoms with Gasteiger partial charge in [0, 0.05) is 62.1 Å². The van der Waals surface area contributed by atoms with Gasteiger partial charge in [-0.3, -0.25) is 9.58 Å². The third-order valence-corrected chi connectivity index (χ3v) is 8.93. The SMILES string of the molecule is CC1C(N(C)c2ccc(-c3ccc(-c4cnn(CCN5CCOCC5)c4)cc3O)nn2)CCN(C)C1(C)C. The van der Waals surface area contributed by atoms with Crippen LogP contribution in [0.2, 0.25) is 0 Å². The van der Waals surface area contributed by atoms with E-state index < -0.39 is 0 Å². The second kappa shape index (κ2) is 11.0. The molecule has 3 aromatic rings. The number of aromatic hydroxyl groups is 1. The number of phenolic OH excluding ortho intramolecular Hbond substituents is 1. The molecule has 0 aliphatic carbocycles. The van der Waals surface area contributed by atoms with Crippen LogP contribution in [0.25, 0.3) is 22.4 Å². The van der Waals surface area contributed by atoms with Crippen LogP contribution >= 0.6 is 0 Å². The van der Waals surface area contributed by atoms with Crippen LogP contribution in [0.1, 0.15) is 27.2 Å². The maximum absolute atomic E-state index is 10.9. The Kier molecular flexibility index (Phi) is 7.70. The molecule has 2 fully saturated rings. The minimum absolute atomic E-state index is 0.122. The second-order valence-corrected chi connectivity index (χ2v) is 11.3. The molecule has 2 aliphatic heterocycles. The summed E-state index contributed by atoms with van der Waals surface area (Å²) in [7, 11) is 4.32. The zero-order valence-corrected chi connectivity index (χ0v) is 23.3. The van der Waals surface area contributed by atoms with E-state index in [4.69, 9.17) is 4.74 Å². The zero-order chi connectivity index (χ0) is 26.9. The summed E-state index contributed by atoms with van der Waals surface area (Å²) in [5.41, 5.74) is 3.35. The van der Waals surface area contributed by atoms with Gasteiger partial charge in [-0.1, -0.05) is 13.0 Å². The molecule has 204 valence electrons. The van der Waals surface area contributed by atoms with E-state index in [9.17, 15) is 5.11 Å². The molecule has 0 radical (unpaired) electrons. The quantitative estimate of drug-likeness (QED) is 0.507. The maximum Gasteiger partial charge on any atom is 0.151 e. The molecule has 0 bridgehead atoms. The molecular weight excluding hydrogens is 478 g/mol. The average molecular weight is 520 g/mol. The number of rotatable bonds is 7. The highest BCUT2D eigenvalue weighted by atomic mass is 16.5. The van der Waals surface area contributed by atoms with Gasteiger partial charge in [0.1, 0.15) is 5.75 Å². The highest BCUT2D eigenvalue weighted by Gasteiger charge is 2.41. The van der Waals surface area contributed by atoms with Crippen molar-refractivity contribution in [1.29, 1.82) is 0 Å². The Hall–Kier alpha value is -3.01. The lowest BCUT2D eigenvalue weighted by Gasteiger charge is -2.51. The van der Waals surface area contributed by atoms with Crippen LogP contribution in [0.4, 0.5) is 5.82 Å². The fourth-order valence-electron chi connectivity index (χ4n) is 5.67. The Morgan fingerprint density at radius 2 is 1.84 bits per heavy atom. The van der Waals surface area contributed by atoms with Gasteiger partial charge >= 0.3 is 0 Å². The average Bonchev–Trinajstić information content (AvgIpc) is 3.41. The molecule has 2 unspecified atom stereocenters. The number of nitrogens with zero attached hydrogens (tertiary/aromatic N) is 7. The molecule has 1 N–H and O–H groups in total. The Bertz CT molecular complexity index is 1220. The summed E-state index contributed by atoms with van der Waals surface area (Å²) in [5, 5.41) is 24.4. The van der Waals surface area contributed by atoms with E-state index in [1.54, 1.807) is 6.07 Å². The Balaban J connectivity index is 1.25. The molecule has 0 saturated carbocycles. The van der Waals surface area contributed by atoms with Gasteiger partial charge in [-0.05, 0) is 63.1 Å². The third kappa shape index (κ3) is 5.41. The van der Waals surface area contributed by atoms with Gasteiger partial charge < -0.3 is 19.6 Å². The van der Waals surface area contributed by atoms with Gasteiger partial charge in [0.2, 0.25) is 0 Å². The normalized spacial score (nSPS) is 22.4. The molecule has 2 aliphatic rings. The highest BCUT2D eigenvalue weighted by Crippen LogP contribution is 2.36. The van der Waals surface area contributed by atoms with Gasteiger partial charge in [-0.2, -0.15) is 5.10 Å². The summed E-state index contributed by atoms with van der Waals surface area (Å²) < 4.78 is 7.38. The van der Waals surface area contributed by atoms with Crippen LogP contribution in [-0.2, 0) is 11.3 Å². The molecule has 9 nitrogen and oxygen atoms in total. The minimum atomic E-state index is 0.122. The van der Waals surface area contributed by atoms with Crippen LogP contribution in [0.3, 0.4) is 0 Å². The van der Waals surface area contributed by atoms with Gasteiger partial charge in [-0.15, -0.1) is 10.2 Å². The molecule has 2 saturated heterocycles. The summed E-state index contributed by atoms with van der Waals surface area (Å²) in [4.78, 5) is 7.10. The van der Waals surface area contributed by atoms with E-state index in [-0.39, 0.29) is 11.3 Å². The van der Waals surface area contributed by atoms with Crippen molar-refractivity contribution >= 4 is 5.82 Å². The number of aromatic nitrogens is 4. The highest BCUT2D eigenvalue weighted by molar-refractivity contribution is 5.74. The lowest BCUT2D eigenvalue weighted by atomic mass is 9.77. The smallest absolute Gasteiger partial charge is 0.151 e. The van der Waals surface area contributed by atoms with Crippen molar-refractivity contribution in [2.45, 2.75) is 45.3 Å². The van der Waals surface area contributed by atoms with Crippen molar-refractivity contribution < 1.29 is 9.84 Å². The Labute approximate surface area is 226 Å². The molecule has 1 aromatic carbocycles. The first-order valence-electron chi connectivity index (χ1n) is 13.7. The molecule has 38 heavy (non-hydrogen) atoms. The van der Waals surface area contributed by atoms with Gasteiger partial charge in [0.15, 0.2) is 5.82 Å². The van der Waals surface area contributed by atoms with Crippen molar-refractivity contribution in [1.82, 2.24) is 29.8 Å². The summed E-state index contributed by atoms with van der Waals surface area (Å²) in [6.45, 7) is 13.3. The zero-order valence-electron chi connectivity index (χ0n) is 23.3. The number of anilines is 1. The first-order chi connectivity index (χ1) is 18.2. The fourth-order valence-corrected chi connectivity index (χ4v) is 5.67. The molecule has 0 spiro atoms. The number of piperidine rings is 1. The van der Waals surface area contributed by atoms with E-state index in [1.807, 2.05) is 41.3 Å². The number of hydrogen-bond acceptors (Lipinski definition) is 8. The summed E-state index contributed by atoms with van der Waals surface area (Å²) in [5.74, 6) is 1.52. The Morgan fingerprint density at radius 3 is 2.55 bits per heavy atom. The number of phenols is 1. The predicted octanol–water partition coefficient (Wildman–Crippen LogP) is 3.60. The van der Waals surface area contributed by atoms with Crippen molar-refractivity contribution in [2.24, 2.45) is 5.92 Å². The first-order valence-corrected chi connectivity index (χ1v) is 13.7. The van der Waals surface area contributed by atoms with E-state index in [0.717, 1.165) is 69.3 Å². The van der Waals surface area contributed by atoms with Crippen LogP contribution in [0.5, 0.6) is 5.75 Å². The third-order valence-electron chi connectivity index (χ3n) is 8.93. The van der Waals surface area contributed by atoms with E-state index in [2.05, 4.69) is 64.9 Å². The van der Waals surface area contributed by atoms with Gasteiger partial charge in [0.05, 0.1) is 31.6 Å². The van der Waals surface area contributed by atoms with Crippen LogP contribution < -0.4 is 4.90 Å². The number of morpholine rings is 1. The summed E-state index contributed by atoms with van der Waals surface area (Å²) in [6, 6.07) is 10.0. The predicted molar refractivity (Wildman–Crippen MR) is 150 cm³/mol. The molecule has 2 aromatic heterocycles. The lowest BCUT2D eigenvalue weighted by molar-refractivity contribution is 0.0360. The molecule has 2 atom stereocenters. The first kappa shape index (κ1) is 26.6. The number of hydrogen-bond donors (Lipinski definition) is 1. The van der Waals surface area contributed by atoms with Gasteiger partial charge in [0.25, 0.3) is 0 Å². The standard InChI is InChI=1S/C29H41N7O2/c1-21-26(10-11-33(4)29(21,2)3)34(5)28-9-8-25(31-32-28)24-7-6-22(18-27(24)37)23-19-30-36(20-23)13-12-35-14-16-38-17-15-35/h6-9,18-21,26,37H,10-17H2,1-5H3. The number of likely N-dealkylation sites (tertiary alicyclic amines) is 1. The minimum Gasteiger partial charge on any atom is -0.507 e. The van der Waals surface area contributed by atoms with E-state index in [0.29, 0.717) is 23.2 Å². The molecule has 5 rings (SSSR count). The van der Waals surface area contributed by atoms with Crippen molar-refractivity contribution in [2.75, 3.05) is 58.4 Å². The maximum atomic E-state index is 10.9. The number of benzene rings is 1. The molecule has 4 heterocycles. The molecule has 9 heteroatoms. The van der Waals surface area contributed by atoms with E-state index >= 15 is 0 Å². The van der Waals surface area contributed by atoms with Crippen LogP contribution in [-0.4, -0.2) is 100.0 Å². The topological polar surface area (TPSA) is 82.8 Å². The van der Waals surface area contributed by atoms with Crippen molar-refractivity contribution in [3.8, 4) is 28.1 Å². The second-order valence-electron chi connectivity index (χ2n) is 11.3. The van der Waals surface area contributed by atoms with E-state index in [1.165, 1.54) is 0 Å². The fraction of sp³-hybridized carbons (Fsp3) is 0.552. The lowest BCUT2D eigenvalue weighted by Crippen LogP contribution is -2.59. The largest absolute Gasteiger partial charge is 0.507 e. The van der Waals surface area contributed by atoms with Crippen molar-refractivity contribution in [3.05, 3.63) is 42.7 Å².